The van der Waals surface area contributed by atoms with Gasteiger partial charge in [-0.15, -0.1) is 0 Å². The summed E-state index contributed by atoms with van der Waals surface area (Å²) in [4.78, 5) is 12.7. The summed E-state index contributed by atoms with van der Waals surface area (Å²) in [6.07, 6.45) is 1.87. The lowest BCUT2D eigenvalue weighted by Gasteiger charge is -2.16. The van der Waals surface area contributed by atoms with Gasteiger partial charge in [0.25, 0.3) is 5.91 Å². The Morgan fingerprint density at radius 3 is 2.30 bits per heavy atom. The van der Waals surface area contributed by atoms with E-state index in [1.165, 1.54) is 5.56 Å². The summed E-state index contributed by atoms with van der Waals surface area (Å²) in [5.74, 6) is -0.136. The van der Waals surface area contributed by atoms with Crippen molar-refractivity contribution in [3.63, 3.8) is 0 Å². The van der Waals surface area contributed by atoms with E-state index in [4.69, 9.17) is 4.74 Å². The van der Waals surface area contributed by atoms with Crippen molar-refractivity contribution in [3.8, 4) is 22.6 Å². The molecule has 0 saturated heterocycles. The molecule has 0 unspecified atom stereocenters. The molecule has 37 heavy (non-hydrogen) atoms. The van der Waals surface area contributed by atoms with Gasteiger partial charge in [-0.05, 0) is 86.7 Å². The monoisotopic (exact) mass is 524 g/mol. The summed E-state index contributed by atoms with van der Waals surface area (Å²) < 4.78 is 32.1. The number of ether oxygens (including phenoxy) is 1. The molecule has 0 heterocycles. The fourth-order valence-corrected chi connectivity index (χ4v) is 4.96. The highest BCUT2D eigenvalue weighted by Gasteiger charge is 2.20. The minimum Gasteiger partial charge on any atom is -0.508 e. The van der Waals surface area contributed by atoms with E-state index < -0.39 is 15.9 Å². The van der Waals surface area contributed by atoms with Gasteiger partial charge in [0.15, 0.2) is 0 Å². The molecule has 198 valence electrons. The van der Waals surface area contributed by atoms with Crippen LogP contribution in [0.5, 0.6) is 11.5 Å². The average molecular weight is 525 g/mol. The quantitative estimate of drug-likeness (QED) is 0.280. The van der Waals surface area contributed by atoms with Crippen LogP contribution in [0.1, 0.15) is 48.7 Å². The van der Waals surface area contributed by atoms with Crippen molar-refractivity contribution in [2.45, 2.75) is 46.1 Å². The zero-order chi connectivity index (χ0) is 26.8. The van der Waals surface area contributed by atoms with E-state index in [0.717, 1.165) is 42.6 Å². The summed E-state index contributed by atoms with van der Waals surface area (Å²) in [7, 11) is -3.69. The van der Waals surface area contributed by atoms with Crippen LogP contribution >= 0.6 is 0 Å². The summed E-state index contributed by atoms with van der Waals surface area (Å²) in [5.41, 5.74) is 4.15. The van der Waals surface area contributed by atoms with Crippen LogP contribution in [0, 0.1) is 0 Å². The van der Waals surface area contributed by atoms with E-state index in [1.54, 1.807) is 31.2 Å². The van der Waals surface area contributed by atoms with Gasteiger partial charge in [0.1, 0.15) is 11.5 Å². The first-order valence-electron chi connectivity index (χ1n) is 12.6. The number of amides is 1. The molecule has 3 N–H and O–H groups in total. The van der Waals surface area contributed by atoms with Gasteiger partial charge < -0.3 is 15.2 Å². The molecule has 0 spiro atoms. The summed E-state index contributed by atoms with van der Waals surface area (Å²) in [6.45, 7) is 7.06. The number of sulfonamides is 1. The summed E-state index contributed by atoms with van der Waals surface area (Å²) in [6, 6.07) is 20.7. The van der Waals surface area contributed by atoms with Crippen LogP contribution in [0.2, 0.25) is 0 Å². The van der Waals surface area contributed by atoms with Crippen molar-refractivity contribution in [2.75, 3.05) is 18.8 Å². The van der Waals surface area contributed by atoms with Gasteiger partial charge in [-0.1, -0.05) is 55.5 Å². The number of carbonyl (C=O) groups is 1. The number of carbonyl (C=O) groups excluding carboxylic acids is 1. The standard InChI is InChI=1S/C29H36N2O5S/c1-4-19-37(34,35)31-29(33)26-14-13-25(20-28(26)36-21(2)3)23-11-9-22(10-12-23)15-17-30-18-16-24-7-5-6-8-27(24)32/h5-14,20-21,30,32H,4,15-19H2,1-3H3,(H,31,33). The molecule has 0 radical (unpaired) electrons. The van der Waals surface area contributed by atoms with Gasteiger partial charge in [-0.25, -0.2) is 13.1 Å². The van der Waals surface area contributed by atoms with Gasteiger partial charge in [0, 0.05) is 0 Å². The third kappa shape index (κ3) is 8.61. The lowest BCUT2D eigenvalue weighted by atomic mass is 10.0. The maximum Gasteiger partial charge on any atom is 0.268 e. The molecule has 0 aliphatic carbocycles. The van der Waals surface area contributed by atoms with Crippen LogP contribution in [-0.2, 0) is 22.9 Å². The molecule has 3 aromatic rings. The smallest absolute Gasteiger partial charge is 0.268 e. The highest BCUT2D eigenvalue weighted by Crippen LogP contribution is 2.29. The fourth-order valence-electron chi connectivity index (χ4n) is 3.92. The predicted octanol–water partition coefficient (Wildman–Crippen LogP) is 4.69. The highest BCUT2D eigenvalue weighted by atomic mass is 32.2. The molecule has 0 fully saturated rings. The number of benzene rings is 3. The Morgan fingerprint density at radius 1 is 0.946 bits per heavy atom. The number of hydrogen-bond acceptors (Lipinski definition) is 6. The number of hydrogen-bond donors (Lipinski definition) is 3. The first-order chi connectivity index (χ1) is 17.7. The maximum absolute atomic E-state index is 12.7. The van der Waals surface area contributed by atoms with E-state index in [-0.39, 0.29) is 17.4 Å². The lowest BCUT2D eigenvalue weighted by molar-refractivity contribution is 0.0975. The van der Waals surface area contributed by atoms with E-state index in [1.807, 2.05) is 44.2 Å². The van der Waals surface area contributed by atoms with Crippen LogP contribution in [0.15, 0.2) is 66.7 Å². The molecule has 0 bridgehead atoms. The molecule has 3 aromatic carbocycles. The summed E-state index contributed by atoms with van der Waals surface area (Å²) >= 11 is 0. The molecule has 0 aliphatic rings. The first kappa shape index (κ1) is 28.2. The van der Waals surface area contributed by atoms with Crippen molar-refractivity contribution < 1.29 is 23.1 Å². The fraction of sp³-hybridized carbons (Fsp3) is 0.345. The third-order valence-corrected chi connectivity index (χ3v) is 7.19. The van der Waals surface area contributed by atoms with Crippen LogP contribution in [0.3, 0.4) is 0 Å². The Bertz CT molecular complexity index is 1290. The maximum atomic E-state index is 12.7. The molecule has 8 heteroatoms. The minimum atomic E-state index is -3.69. The van der Waals surface area contributed by atoms with Gasteiger partial charge in [0.2, 0.25) is 10.0 Å². The molecule has 7 nitrogen and oxygen atoms in total. The number of phenols is 1. The molecular weight excluding hydrogens is 488 g/mol. The molecule has 0 aliphatic heterocycles. The predicted molar refractivity (Wildman–Crippen MR) is 148 cm³/mol. The minimum absolute atomic E-state index is 0.115. The zero-order valence-corrected chi connectivity index (χ0v) is 22.5. The number of aromatic hydroxyl groups is 1. The van der Waals surface area contributed by atoms with Gasteiger partial charge in [-0.3, -0.25) is 4.79 Å². The zero-order valence-electron chi connectivity index (χ0n) is 21.7. The second-order valence-electron chi connectivity index (χ2n) is 9.20. The third-order valence-electron chi connectivity index (χ3n) is 5.75. The Balaban J connectivity index is 1.63. The SMILES string of the molecule is CCCS(=O)(=O)NC(=O)c1ccc(-c2ccc(CCNCCc3ccccc3O)cc2)cc1OC(C)C. The van der Waals surface area contributed by atoms with Crippen molar-refractivity contribution >= 4 is 15.9 Å². The van der Waals surface area contributed by atoms with Crippen LogP contribution in [0.25, 0.3) is 11.1 Å². The lowest BCUT2D eigenvalue weighted by Crippen LogP contribution is -2.32. The molecule has 3 rings (SSSR count). The molecule has 0 saturated carbocycles. The van der Waals surface area contributed by atoms with Crippen LogP contribution in [0.4, 0.5) is 0 Å². The Kier molecular flexibility index (Phi) is 10.1. The number of phenolic OH excluding ortho intramolecular Hbond substituents is 1. The highest BCUT2D eigenvalue weighted by molar-refractivity contribution is 7.90. The second kappa shape index (κ2) is 13.3. The van der Waals surface area contributed by atoms with Crippen LogP contribution < -0.4 is 14.8 Å². The van der Waals surface area contributed by atoms with Gasteiger partial charge in [0.05, 0.1) is 17.4 Å². The average Bonchev–Trinajstić information content (AvgIpc) is 2.84. The van der Waals surface area contributed by atoms with Crippen molar-refractivity contribution in [1.82, 2.24) is 10.0 Å². The Hall–Kier alpha value is -3.36. The van der Waals surface area contributed by atoms with Crippen molar-refractivity contribution in [1.29, 1.82) is 0 Å². The van der Waals surface area contributed by atoms with E-state index in [0.29, 0.717) is 17.9 Å². The normalized spacial score (nSPS) is 11.5. The van der Waals surface area contributed by atoms with Crippen molar-refractivity contribution in [2.24, 2.45) is 0 Å². The number of nitrogens with one attached hydrogen (secondary N) is 2. The van der Waals surface area contributed by atoms with E-state index in [2.05, 4.69) is 22.2 Å². The second-order valence-corrected chi connectivity index (χ2v) is 11.0. The van der Waals surface area contributed by atoms with Crippen molar-refractivity contribution in [3.05, 3.63) is 83.4 Å². The van der Waals surface area contributed by atoms with Gasteiger partial charge >= 0.3 is 0 Å². The topological polar surface area (TPSA) is 105 Å². The summed E-state index contributed by atoms with van der Waals surface area (Å²) in [5, 5.41) is 13.3. The molecule has 0 aromatic heterocycles. The van der Waals surface area contributed by atoms with E-state index in [9.17, 15) is 18.3 Å². The van der Waals surface area contributed by atoms with Crippen LogP contribution in [-0.4, -0.2) is 44.4 Å². The Morgan fingerprint density at radius 2 is 1.62 bits per heavy atom. The Labute approximate surface area is 219 Å². The molecule has 1 amide bonds. The van der Waals surface area contributed by atoms with E-state index >= 15 is 0 Å². The number of para-hydroxylation sites is 1. The number of rotatable bonds is 13. The largest absolute Gasteiger partial charge is 0.508 e. The van der Waals surface area contributed by atoms with Gasteiger partial charge in [-0.2, -0.15) is 0 Å². The molecular formula is C29H36N2O5S. The molecule has 0 atom stereocenters. The first-order valence-corrected chi connectivity index (χ1v) is 14.3.